The van der Waals surface area contributed by atoms with E-state index in [1.165, 1.54) is 24.3 Å². The van der Waals surface area contributed by atoms with E-state index in [9.17, 15) is 18.0 Å². The summed E-state index contributed by atoms with van der Waals surface area (Å²) in [5.74, 6) is 1.03. The van der Waals surface area contributed by atoms with E-state index in [1.807, 2.05) is 12.1 Å². The summed E-state index contributed by atoms with van der Waals surface area (Å²) in [6.45, 7) is 5.38. The first kappa shape index (κ1) is 27.3. The molecule has 208 valence electrons. The number of halogens is 3. The normalized spacial score (nSPS) is 18.9. The Kier molecular flexibility index (Phi) is 8.26. The summed E-state index contributed by atoms with van der Waals surface area (Å²) in [5, 5.41) is 23.8. The van der Waals surface area contributed by atoms with Gasteiger partial charge in [-0.05, 0) is 74.5 Å². The van der Waals surface area contributed by atoms with Gasteiger partial charge in [0.25, 0.3) is 0 Å². The number of nitrogens with one attached hydrogen (secondary N) is 2. The number of rotatable bonds is 8. The van der Waals surface area contributed by atoms with Crippen molar-refractivity contribution in [2.75, 3.05) is 41.7 Å². The van der Waals surface area contributed by atoms with Gasteiger partial charge in [0, 0.05) is 38.3 Å². The molecule has 2 aliphatic heterocycles. The number of amides is 1. The first-order chi connectivity index (χ1) is 18.7. The predicted molar refractivity (Wildman–Crippen MR) is 144 cm³/mol. The summed E-state index contributed by atoms with van der Waals surface area (Å²) in [4.78, 5) is 17.0. The molecule has 5 rings (SSSR count). The van der Waals surface area contributed by atoms with Gasteiger partial charge in [-0.3, -0.25) is 9.69 Å². The molecule has 9 nitrogen and oxygen atoms in total. The van der Waals surface area contributed by atoms with Gasteiger partial charge < -0.3 is 15.5 Å². The molecular weight excluding hydrogens is 529 g/mol. The summed E-state index contributed by atoms with van der Waals surface area (Å²) in [6, 6.07) is 8.36. The van der Waals surface area contributed by atoms with Crippen molar-refractivity contribution in [1.29, 1.82) is 0 Å². The first-order valence-corrected chi connectivity index (χ1v) is 13.9. The third-order valence-electron chi connectivity index (χ3n) is 7.25. The number of alkyl halides is 3. The van der Waals surface area contributed by atoms with Crippen molar-refractivity contribution in [1.82, 2.24) is 25.3 Å². The van der Waals surface area contributed by atoms with E-state index in [0.29, 0.717) is 23.2 Å². The standard InChI is InChI=1S/C26H31F3N8OS/c1-17-13-19(4-5-21(17)26(27,28)29)15-36-10-6-18(7-11-36)14-23(38)32-25-35-34-24(39-25)31-20-8-12-37(16-20)22-3-2-9-30-33-22/h2-5,9,13,18,20H,6-8,10-12,14-16H2,1H3,(H,31,34)(H,32,35,38)/t20-/m1/s1. The van der Waals surface area contributed by atoms with Crippen LogP contribution >= 0.6 is 11.3 Å². The van der Waals surface area contributed by atoms with Crippen LogP contribution in [0.25, 0.3) is 0 Å². The van der Waals surface area contributed by atoms with E-state index in [2.05, 4.69) is 40.8 Å². The van der Waals surface area contributed by atoms with Crippen molar-refractivity contribution in [3.8, 4) is 0 Å². The Morgan fingerprint density at radius 2 is 1.87 bits per heavy atom. The summed E-state index contributed by atoms with van der Waals surface area (Å²) in [6.07, 6.45) is 0.397. The first-order valence-electron chi connectivity index (χ1n) is 13.0. The second-order valence-corrected chi connectivity index (χ2v) is 11.2. The lowest BCUT2D eigenvalue weighted by molar-refractivity contribution is -0.138. The third-order valence-corrected chi connectivity index (χ3v) is 8.02. The van der Waals surface area contributed by atoms with E-state index >= 15 is 0 Å². The van der Waals surface area contributed by atoms with E-state index in [4.69, 9.17) is 0 Å². The van der Waals surface area contributed by atoms with Crippen LogP contribution in [0.2, 0.25) is 0 Å². The zero-order valence-corrected chi connectivity index (χ0v) is 22.4. The van der Waals surface area contributed by atoms with Gasteiger partial charge in [-0.15, -0.1) is 15.3 Å². The zero-order valence-electron chi connectivity index (χ0n) is 21.6. The number of nitrogens with zero attached hydrogens (tertiary/aromatic N) is 6. The summed E-state index contributed by atoms with van der Waals surface area (Å²) in [5.41, 5.74) is 0.531. The largest absolute Gasteiger partial charge is 0.416 e. The highest BCUT2D eigenvalue weighted by atomic mass is 32.1. The molecule has 2 saturated heterocycles. The maximum Gasteiger partial charge on any atom is 0.416 e. The molecule has 0 aliphatic carbocycles. The van der Waals surface area contributed by atoms with Gasteiger partial charge in [0.05, 0.1) is 5.56 Å². The number of likely N-dealkylation sites (tertiary alicyclic amines) is 1. The van der Waals surface area contributed by atoms with Crippen LogP contribution in [0.1, 0.15) is 42.4 Å². The van der Waals surface area contributed by atoms with Gasteiger partial charge in [-0.1, -0.05) is 23.5 Å². The Bertz CT molecular complexity index is 1260. The van der Waals surface area contributed by atoms with Gasteiger partial charge >= 0.3 is 6.18 Å². The van der Waals surface area contributed by atoms with Crippen LogP contribution in [0, 0.1) is 12.8 Å². The summed E-state index contributed by atoms with van der Waals surface area (Å²) in [7, 11) is 0. The second kappa shape index (κ2) is 11.8. The number of anilines is 3. The second-order valence-electron chi connectivity index (χ2n) is 10.2. The number of aromatic nitrogens is 4. The minimum absolute atomic E-state index is 0.0794. The van der Waals surface area contributed by atoms with Crippen LogP contribution < -0.4 is 15.5 Å². The lowest BCUT2D eigenvalue weighted by Gasteiger charge is -2.31. The highest BCUT2D eigenvalue weighted by Crippen LogP contribution is 2.32. The molecule has 0 spiro atoms. The van der Waals surface area contributed by atoms with Crippen LogP contribution in [0.3, 0.4) is 0 Å². The lowest BCUT2D eigenvalue weighted by atomic mass is 9.93. The Morgan fingerprint density at radius 3 is 2.59 bits per heavy atom. The van der Waals surface area contributed by atoms with Crippen molar-refractivity contribution >= 4 is 33.3 Å². The maximum atomic E-state index is 13.0. The number of benzene rings is 1. The number of hydrogen-bond donors (Lipinski definition) is 2. The molecule has 1 atom stereocenters. The van der Waals surface area contributed by atoms with Crippen molar-refractivity contribution in [3.63, 3.8) is 0 Å². The van der Waals surface area contributed by atoms with Gasteiger partial charge in [-0.25, -0.2) is 0 Å². The van der Waals surface area contributed by atoms with E-state index in [-0.39, 0.29) is 23.4 Å². The molecule has 2 fully saturated rings. The molecule has 4 heterocycles. The van der Waals surface area contributed by atoms with E-state index in [0.717, 1.165) is 56.8 Å². The van der Waals surface area contributed by atoms with Gasteiger partial charge in [-0.2, -0.15) is 18.3 Å². The molecule has 13 heteroatoms. The fourth-order valence-corrected chi connectivity index (χ4v) is 5.97. The highest BCUT2D eigenvalue weighted by Gasteiger charge is 2.32. The molecule has 1 amide bonds. The summed E-state index contributed by atoms with van der Waals surface area (Å²) >= 11 is 1.32. The van der Waals surface area contributed by atoms with Crippen LogP contribution in [0.4, 0.5) is 29.3 Å². The van der Waals surface area contributed by atoms with Crippen LogP contribution in [-0.4, -0.2) is 63.4 Å². The number of hydrogen-bond acceptors (Lipinski definition) is 9. The Labute approximate surface area is 228 Å². The van der Waals surface area contributed by atoms with E-state index < -0.39 is 11.7 Å². The Balaban J connectivity index is 1.03. The molecule has 2 aromatic heterocycles. The van der Waals surface area contributed by atoms with E-state index in [1.54, 1.807) is 18.3 Å². The molecule has 0 radical (unpaired) electrons. The topological polar surface area (TPSA) is 99.2 Å². The van der Waals surface area contributed by atoms with Crippen LogP contribution in [0.15, 0.2) is 36.5 Å². The molecule has 39 heavy (non-hydrogen) atoms. The number of carbonyl (C=O) groups is 1. The van der Waals surface area contributed by atoms with Gasteiger partial charge in [0.1, 0.15) is 0 Å². The van der Waals surface area contributed by atoms with Crippen molar-refractivity contribution in [3.05, 3.63) is 53.2 Å². The minimum atomic E-state index is -4.33. The van der Waals surface area contributed by atoms with Gasteiger partial charge in [0.15, 0.2) is 5.82 Å². The van der Waals surface area contributed by atoms with Crippen LogP contribution in [0.5, 0.6) is 0 Å². The quantitative estimate of drug-likeness (QED) is 0.413. The molecule has 0 unspecified atom stereocenters. The SMILES string of the molecule is Cc1cc(CN2CCC(CC(=O)Nc3nnc(N[C@@H]4CCN(c5cccnn5)C4)s3)CC2)ccc1C(F)(F)F. The van der Waals surface area contributed by atoms with Crippen molar-refractivity contribution in [2.45, 2.75) is 51.4 Å². The molecule has 3 aromatic rings. The van der Waals surface area contributed by atoms with Crippen molar-refractivity contribution < 1.29 is 18.0 Å². The molecule has 2 aliphatic rings. The molecule has 0 bridgehead atoms. The maximum absolute atomic E-state index is 13.0. The van der Waals surface area contributed by atoms with Gasteiger partial charge in [0.2, 0.25) is 16.2 Å². The number of carbonyl (C=O) groups excluding carboxylic acids is 1. The number of aryl methyl sites for hydroxylation is 1. The molecule has 1 aromatic carbocycles. The molecule has 0 saturated carbocycles. The predicted octanol–water partition coefficient (Wildman–Crippen LogP) is 4.59. The Morgan fingerprint density at radius 1 is 1.08 bits per heavy atom. The Hall–Kier alpha value is -3.32. The fourth-order valence-electron chi connectivity index (χ4n) is 5.24. The highest BCUT2D eigenvalue weighted by molar-refractivity contribution is 7.19. The minimum Gasteiger partial charge on any atom is -0.355 e. The molecule has 2 N–H and O–H groups in total. The van der Waals surface area contributed by atoms with Crippen LogP contribution in [-0.2, 0) is 17.5 Å². The lowest BCUT2D eigenvalue weighted by Crippen LogP contribution is -2.34. The monoisotopic (exact) mass is 560 g/mol. The zero-order chi connectivity index (χ0) is 27.4. The average molecular weight is 561 g/mol. The fraction of sp³-hybridized carbons (Fsp3) is 0.500. The number of piperidine rings is 1. The summed E-state index contributed by atoms with van der Waals surface area (Å²) < 4.78 is 39.0. The smallest absolute Gasteiger partial charge is 0.355 e. The average Bonchev–Trinajstić information content (AvgIpc) is 3.55. The molecular formula is C26H31F3N8OS. The third kappa shape index (κ3) is 7.21. The van der Waals surface area contributed by atoms with Crippen molar-refractivity contribution in [2.24, 2.45) is 5.92 Å².